The Balaban J connectivity index is 1.16. The van der Waals surface area contributed by atoms with Crippen molar-refractivity contribution in [3.63, 3.8) is 0 Å². The van der Waals surface area contributed by atoms with Gasteiger partial charge >= 0.3 is 0 Å². The Kier molecular flexibility index (Phi) is 5.54. The van der Waals surface area contributed by atoms with E-state index >= 15 is 0 Å². The maximum atomic E-state index is 6.42. The molecule has 0 saturated heterocycles. The zero-order chi connectivity index (χ0) is 30.9. The van der Waals surface area contributed by atoms with Crippen molar-refractivity contribution in [3.05, 3.63) is 152 Å². The molecule has 0 bridgehead atoms. The smallest absolute Gasteiger partial charge is 0.164 e. The lowest BCUT2D eigenvalue weighted by Crippen LogP contribution is -2.00. The highest BCUT2D eigenvalue weighted by molar-refractivity contribution is 6.16. The Hall–Kier alpha value is -6.39. The number of hydrogen-bond acceptors (Lipinski definition) is 4. The lowest BCUT2D eigenvalue weighted by Gasteiger charge is -2.09. The summed E-state index contributed by atoms with van der Waals surface area (Å²) >= 11 is 0. The molecule has 2 aromatic heterocycles. The Morgan fingerprint density at radius 2 is 0.936 bits per heavy atom. The molecule has 0 fully saturated rings. The predicted molar refractivity (Wildman–Crippen MR) is 191 cm³/mol. The predicted octanol–water partition coefficient (Wildman–Crippen LogP) is 11.2. The number of aromatic nitrogens is 3. The van der Waals surface area contributed by atoms with Gasteiger partial charge in [-0.15, -0.1) is 0 Å². The molecule has 2 heterocycles. The summed E-state index contributed by atoms with van der Waals surface area (Å²) in [6.07, 6.45) is 0. The van der Waals surface area contributed by atoms with Gasteiger partial charge in [0.15, 0.2) is 17.5 Å². The number of benzene rings is 7. The van der Waals surface area contributed by atoms with Crippen LogP contribution in [-0.4, -0.2) is 15.0 Å². The van der Waals surface area contributed by atoms with Gasteiger partial charge in [0.25, 0.3) is 0 Å². The van der Waals surface area contributed by atoms with E-state index < -0.39 is 0 Å². The van der Waals surface area contributed by atoms with Gasteiger partial charge in [0.05, 0.1) is 0 Å². The van der Waals surface area contributed by atoms with Crippen LogP contribution in [-0.2, 0) is 0 Å². The van der Waals surface area contributed by atoms with Gasteiger partial charge in [0, 0.05) is 27.5 Å². The second-order valence-corrected chi connectivity index (χ2v) is 12.0. The van der Waals surface area contributed by atoms with Gasteiger partial charge in [0.2, 0.25) is 0 Å². The molecule has 47 heavy (non-hydrogen) atoms. The molecule has 1 aliphatic rings. The number of hydrogen-bond donors (Lipinski definition) is 0. The molecule has 4 nitrogen and oxygen atoms in total. The monoisotopic (exact) mass is 599 g/mol. The summed E-state index contributed by atoms with van der Waals surface area (Å²) in [6, 6.07) is 52.7. The fourth-order valence-electron chi connectivity index (χ4n) is 7.09. The normalized spacial score (nSPS) is 11.8. The molecule has 0 atom stereocenters. The Morgan fingerprint density at radius 3 is 1.66 bits per heavy atom. The molecule has 0 amide bonds. The highest BCUT2D eigenvalue weighted by Crippen LogP contribution is 2.48. The Morgan fingerprint density at radius 1 is 0.340 bits per heavy atom. The molecule has 0 aliphatic heterocycles. The number of nitrogens with zero attached hydrogens (tertiary/aromatic N) is 3. The van der Waals surface area contributed by atoms with Crippen LogP contribution in [0.4, 0.5) is 0 Å². The lowest BCUT2D eigenvalue weighted by molar-refractivity contribution is 0.669. The first-order valence-electron chi connectivity index (χ1n) is 15.8. The third-order valence-electron chi connectivity index (χ3n) is 9.27. The van der Waals surface area contributed by atoms with Gasteiger partial charge in [-0.25, -0.2) is 15.0 Å². The molecule has 4 heteroatoms. The van der Waals surface area contributed by atoms with Crippen molar-refractivity contribution in [3.8, 4) is 67.5 Å². The minimum absolute atomic E-state index is 0.611. The van der Waals surface area contributed by atoms with Crippen LogP contribution in [0.25, 0.3) is 100 Å². The fraction of sp³-hybridized carbons (Fsp3) is 0. The summed E-state index contributed by atoms with van der Waals surface area (Å²) in [6.45, 7) is 0. The highest BCUT2D eigenvalue weighted by Gasteiger charge is 2.22. The average molecular weight is 600 g/mol. The van der Waals surface area contributed by atoms with Crippen molar-refractivity contribution < 1.29 is 4.42 Å². The third kappa shape index (κ3) is 4.05. The molecular weight excluding hydrogens is 574 g/mol. The summed E-state index contributed by atoms with van der Waals surface area (Å²) in [5, 5.41) is 4.64. The van der Waals surface area contributed by atoms with Crippen molar-refractivity contribution in [2.24, 2.45) is 0 Å². The van der Waals surface area contributed by atoms with Crippen LogP contribution in [0.2, 0.25) is 0 Å². The lowest BCUT2D eigenvalue weighted by atomic mass is 9.96. The first-order valence-corrected chi connectivity index (χ1v) is 15.8. The van der Waals surface area contributed by atoms with E-state index in [-0.39, 0.29) is 0 Å². The van der Waals surface area contributed by atoms with Crippen molar-refractivity contribution in [2.45, 2.75) is 0 Å². The number of furan rings is 1. The number of fused-ring (bicyclic) bond motifs is 6. The van der Waals surface area contributed by atoms with E-state index in [1.807, 2.05) is 72.8 Å². The maximum absolute atomic E-state index is 6.42. The maximum Gasteiger partial charge on any atom is 0.164 e. The SMILES string of the molecule is c1ccc(-c2nc(-c3ccccc3)nc(-c3cccc4oc5ccc(-c6ccc7c(c6)-c6cccc8cccc-7c68)cc5c34)n2)cc1. The summed E-state index contributed by atoms with van der Waals surface area (Å²) < 4.78 is 6.42. The van der Waals surface area contributed by atoms with Crippen LogP contribution in [0, 0.1) is 0 Å². The Bertz CT molecular complexity index is 2610. The molecule has 1 aliphatic carbocycles. The van der Waals surface area contributed by atoms with Crippen molar-refractivity contribution >= 4 is 32.7 Å². The summed E-state index contributed by atoms with van der Waals surface area (Å²) in [4.78, 5) is 15.0. The second-order valence-electron chi connectivity index (χ2n) is 12.0. The first-order chi connectivity index (χ1) is 23.3. The summed E-state index contributed by atoms with van der Waals surface area (Å²) in [5.41, 5.74) is 11.9. The van der Waals surface area contributed by atoms with Gasteiger partial charge in [-0.2, -0.15) is 0 Å². The van der Waals surface area contributed by atoms with Gasteiger partial charge in [-0.3, -0.25) is 0 Å². The first kappa shape index (κ1) is 25.9. The standard InChI is InChI=1S/C43H25N3O/c1-3-10-27(11-4-1)41-44-42(28-12-5-2-6-13-28)46-43(45-41)34-18-9-19-38-40(34)36-25-30(21-23-37(36)47-38)29-20-22-31-32-16-7-14-26-15-8-17-33(39(26)32)35(31)24-29/h1-25H. The molecule has 0 spiro atoms. The molecule has 7 aromatic carbocycles. The van der Waals surface area contributed by atoms with E-state index in [9.17, 15) is 0 Å². The quantitative estimate of drug-likeness (QED) is 0.202. The van der Waals surface area contributed by atoms with Gasteiger partial charge in [0.1, 0.15) is 11.2 Å². The zero-order valence-electron chi connectivity index (χ0n) is 25.2. The van der Waals surface area contributed by atoms with Crippen LogP contribution in [0.5, 0.6) is 0 Å². The van der Waals surface area contributed by atoms with Crippen LogP contribution >= 0.6 is 0 Å². The van der Waals surface area contributed by atoms with Gasteiger partial charge in [-0.1, -0.05) is 127 Å². The molecule has 0 saturated carbocycles. The van der Waals surface area contributed by atoms with Crippen LogP contribution in [0.15, 0.2) is 156 Å². The highest BCUT2D eigenvalue weighted by atomic mass is 16.3. The van der Waals surface area contributed by atoms with Gasteiger partial charge in [-0.05, 0) is 68.4 Å². The van der Waals surface area contributed by atoms with Crippen LogP contribution in [0.3, 0.4) is 0 Å². The van der Waals surface area contributed by atoms with E-state index in [1.54, 1.807) is 0 Å². The zero-order valence-corrected chi connectivity index (χ0v) is 25.2. The molecule has 9 aromatic rings. The van der Waals surface area contributed by atoms with E-state index in [4.69, 9.17) is 19.4 Å². The van der Waals surface area contributed by atoms with E-state index in [0.29, 0.717) is 17.5 Å². The topological polar surface area (TPSA) is 51.8 Å². The third-order valence-corrected chi connectivity index (χ3v) is 9.27. The Labute approximate surface area is 270 Å². The molecule has 0 N–H and O–H groups in total. The van der Waals surface area contributed by atoms with Crippen molar-refractivity contribution in [2.75, 3.05) is 0 Å². The molecular formula is C43H25N3O. The van der Waals surface area contributed by atoms with Gasteiger partial charge < -0.3 is 4.42 Å². The largest absolute Gasteiger partial charge is 0.456 e. The molecule has 10 rings (SSSR count). The molecule has 218 valence electrons. The van der Waals surface area contributed by atoms with E-state index in [0.717, 1.165) is 44.2 Å². The fourth-order valence-corrected chi connectivity index (χ4v) is 7.09. The van der Waals surface area contributed by atoms with E-state index in [1.165, 1.54) is 38.6 Å². The molecule has 0 radical (unpaired) electrons. The van der Waals surface area contributed by atoms with Crippen molar-refractivity contribution in [1.82, 2.24) is 15.0 Å². The van der Waals surface area contributed by atoms with E-state index in [2.05, 4.69) is 78.9 Å². The average Bonchev–Trinajstić information content (AvgIpc) is 3.68. The minimum Gasteiger partial charge on any atom is -0.456 e. The second kappa shape index (κ2) is 10.1. The molecule has 0 unspecified atom stereocenters. The van der Waals surface area contributed by atoms with Crippen LogP contribution in [0.1, 0.15) is 0 Å². The number of rotatable bonds is 4. The summed E-state index contributed by atoms with van der Waals surface area (Å²) in [7, 11) is 0. The summed E-state index contributed by atoms with van der Waals surface area (Å²) in [5.74, 6) is 1.88. The van der Waals surface area contributed by atoms with Crippen LogP contribution < -0.4 is 0 Å². The van der Waals surface area contributed by atoms with Crippen molar-refractivity contribution in [1.29, 1.82) is 0 Å². The minimum atomic E-state index is 0.611.